The lowest BCUT2D eigenvalue weighted by Crippen LogP contribution is -2.29. The molecule has 1 heterocycles. The highest BCUT2D eigenvalue weighted by Crippen LogP contribution is 2.21. The van der Waals surface area contributed by atoms with Gasteiger partial charge in [0.05, 0.1) is 19.8 Å². The maximum atomic E-state index is 8.80. The van der Waals surface area contributed by atoms with Crippen molar-refractivity contribution >= 4 is 51.2 Å². The molecule has 0 radical (unpaired) electrons. The Labute approximate surface area is 673 Å². The summed E-state index contributed by atoms with van der Waals surface area (Å²) in [6, 6.07) is 102. The van der Waals surface area contributed by atoms with Crippen LogP contribution in [0.5, 0.6) is 0 Å². The molecule has 0 spiro atoms. The Morgan fingerprint density at radius 1 is 0.315 bits per heavy atom. The first kappa shape index (κ1) is 95.4. The molecule has 0 amide bonds. The second-order valence-corrected chi connectivity index (χ2v) is 26.9. The molecule has 0 unspecified atom stereocenters. The number of hydrogen-bond acceptors (Lipinski definition) is 13. The molecule has 1 saturated heterocycles. The van der Waals surface area contributed by atoms with E-state index in [1.165, 1.54) is 128 Å². The van der Waals surface area contributed by atoms with Gasteiger partial charge in [0.2, 0.25) is 0 Å². The Morgan fingerprint density at radius 2 is 0.631 bits per heavy atom. The van der Waals surface area contributed by atoms with Crippen LogP contribution < -0.4 is 44.1 Å². The molecule has 0 aliphatic carbocycles. The Bertz CT molecular complexity index is 3590. The first-order valence-electron chi connectivity index (χ1n) is 40.8. The third-order valence-corrected chi connectivity index (χ3v) is 18.3. The first-order chi connectivity index (χ1) is 54.3. The summed E-state index contributed by atoms with van der Waals surface area (Å²) in [7, 11) is 8.21. The SMILES string of the molecule is CCCCN(CCCC)c1ccccc1.CCN(CC)c1cccc(C)c1.CCN(CC)c1ccccc1.CCN(CCO)c1ccccc1.CCOCN(C)c1ccccc1.CN(C)c1ccccc1.CN(Cc1ccccc1)c1ccccc1.OCCN(CCO)c1ccccc1.c1ccc(N2CCCCC2)cc1. The van der Waals surface area contributed by atoms with E-state index in [1.54, 1.807) is 0 Å². The smallest absolute Gasteiger partial charge is 0.118 e. The minimum absolute atomic E-state index is 0.106. The van der Waals surface area contributed by atoms with Crippen molar-refractivity contribution in [1.29, 1.82) is 0 Å². The number of rotatable bonds is 31. The quantitative estimate of drug-likeness (QED) is 0.0360. The number of hydrogen-bond donors (Lipinski definition) is 3. The van der Waals surface area contributed by atoms with Gasteiger partial charge >= 0.3 is 0 Å². The monoisotopic (exact) mass is 1510 g/mol. The largest absolute Gasteiger partial charge is 0.395 e. The van der Waals surface area contributed by atoms with Crippen molar-refractivity contribution in [3.05, 3.63) is 308 Å². The topological polar surface area (TPSA) is 99.1 Å². The van der Waals surface area contributed by atoms with E-state index >= 15 is 0 Å². The predicted octanol–water partition coefficient (Wildman–Crippen LogP) is 21.3. The molecule has 10 aromatic rings. The van der Waals surface area contributed by atoms with Gasteiger partial charge in [0, 0.05) is 171 Å². The standard InChI is InChI=1S/C14H15N.C14H23N.C11H15N.C11H17N.C10H15NO2.2C10H15NO.C10H15N.C8H11N/c1-15(14-10-6-3-7-11-14)12-13-8-4-2-5-9-13;1-3-5-12-15(13-6-4-2)14-10-8-7-9-11-14;1-3-7-11(8-4-1)12-9-5-2-6-10-12;1-4-12(5-2)11-8-6-7-10(3)9-11;12-8-6-11(7-9-13)10-4-2-1-3-5-10;1-3-12-9-11(2)10-7-5-4-6-8-10;1-2-11(8-9-12)10-6-4-3-5-7-10;1-3-11(4-2)10-8-6-5-7-9-10;1-9(2)8-6-4-3-5-7-8/h2-11H,12H2,1H3;7-11H,3-6,12-13H2,1-2H3;1,3-4,7-8H,2,5-6,9-10H2;6-9H,4-5H2,1-3H3;1-5,12-13H,6-9H2;4-8H,3,9H2,1-2H3;3-7,12H,2,8-9H2,1H3;5-9H,3-4H2,1-2H3;3-7H,1-2H3. The van der Waals surface area contributed by atoms with Crippen LogP contribution in [-0.2, 0) is 11.3 Å². The second kappa shape index (κ2) is 62.9. The molecule has 13 heteroatoms. The zero-order valence-electron chi connectivity index (χ0n) is 70.2. The minimum Gasteiger partial charge on any atom is -0.395 e. The Hall–Kier alpha value is -9.76. The molecule has 0 atom stereocenters. The average molecular weight is 1510 g/mol. The number of anilines is 9. The van der Waals surface area contributed by atoms with Crippen LogP contribution in [0.1, 0.15) is 111 Å². The highest BCUT2D eigenvalue weighted by Gasteiger charge is 2.11. The number of unbranched alkanes of at least 4 members (excludes halogenated alkanes) is 2. The van der Waals surface area contributed by atoms with Gasteiger partial charge in [0.1, 0.15) is 6.73 Å². The number of aryl methyl sites for hydroxylation is 1. The molecular formula is C98H141N9O4. The Morgan fingerprint density at radius 3 is 0.982 bits per heavy atom. The number of piperidine rings is 1. The molecule has 10 aromatic carbocycles. The molecule has 1 fully saturated rings. The van der Waals surface area contributed by atoms with Crippen LogP contribution in [0.2, 0.25) is 0 Å². The van der Waals surface area contributed by atoms with Gasteiger partial charge < -0.3 is 64.2 Å². The third kappa shape index (κ3) is 42.3. The molecule has 0 aromatic heterocycles. The normalized spacial score (nSPS) is 10.7. The van der Waals surface area contributed by atoms with E-state index in [4.69, 9.17) is 20.1 Å². The maximum Gasteiger partial charge on any atom is 0.118 e. The Balaban J connectivity index is 0.000000325. The predicted molar refractivity (Wildman–Crippen MR) is 487 cm³/mol. The number of nitrogens with zero attached hydrogens (tertiary/aromatic N) is 9. The van der Waals surface area contributed by atoms with Crippen molar-refractivity contribution in [2.45, 2.75) is 114 Å². The molecular weight excluding hydrogens is 1370 g/mol. The van der Waals surface area contributed by atoms with Crippen molar-refractivity contribution in [1.82, 2.24) is 0 Å². The van der Waals surface area contributed by atoms with Crippen molar-refractivity contribution < 1.29 is 20.1 Å². The van der Waals surface area contributed by atoms with Gasteiger partial charge in [0.15, 0.2) is 0 Å². The minimum atomic E-state index is 0.106. The van der Waals surface area contributed by atoms with E-state index in [-0.39, 0.29) is 19.8 Å². The van der Waals surface area contributed by atoms with Crippen molar-refractivity contribution in [3.8, 4) is 0 Å². The van der Waals surface area contributed by atoms with Gasteiger partial charge in [-0.05, 0) is 201 Å². The van der Waals surface area contributed by atoms with E-state index in [1.807, 2.05) is 136 Å². The summed E-state index contributed by atoms with van der Waals surface area (Å²) in [4.78, 5) is 20.2. The molecule has 602 valence electrons. The molecule has 13 nitrogen and oxygen atoms in total. The fourth-order valence-electron chi connectivity index (χ4n) is 12.0. The van der Waals surface area contributed by atoms with Gasteiger partial charge in [-0.3, -0.25) is 0 Å². The average Bonchev–Trinajstić information content (AvgIpc) is 0.933. The summed E-state index contributed by atoms with van der Waals surface area (Å²) >= 11 is 0. The third-order valence-electron chi connectivity index (χ3n) is 18.3. The van der Waals surface area contributed by atoms with Crippen LogP contribution in [0.3, 0.4) is 0 Å². The van der Waals surface area contributed by atoms with E-state index in [2.05, 4.69) is 296 Å². The van der Waals surface area contributed by atoms with Gasteiger partial charge in [-0.15, -0.1) is 0 Å². The lowest BCUT2D eigenvalue weighted by Gasteiger charge is -2.28. The van der Waals surface area contributed by atoms with Crippen LogP contribution in [0.15, 0.2) is 297 Å². The van der Waals surface area contributed by atoms with Crippen LogP contribution in [-0.4, -0.2) is 155 Å². The molecule has 0 bridgehead atoms. The van der Waals surface area contributed by atoms with Crippen molar-refractivity contribution in [2.75, 3.05) is 184 Å². The molecule has 1 aliphatic heterocycles. The molecule has 11 rings (SSSR count). The van der Waals surface area contributed by atoms with Crippen LogP contribution in [0, 0.1) is 6.92 Å². The molecule has 111 heavy (non-hydrogen) atoms. The zero-order valence-corrected chi connectivity index (χ0v) is 70.2. The van der Waals surface area contributed by atoms with E-state index in [0.29, 0.717) is 26.4 Å². The summed E-state index contributed by atoms with van der Waals surface area (Å²) in [6.45, 7) is 34.2. The Kier molecular flexibility index (Phi) is 54.1. The summed E-state index contributed by atoms with van der Waals surface area (Å²) in [5, 5.41) is 26.4. The van der Waals surface area contributed by atoms with Crippen LogP contribution in [0.25, 0.3) is 0 Å². The maximum absolute atomic E-state index is 8.80. The fourth-order valence-corrected chi connectivity index (χ4v) is 12.0. The highest BCUT2D eigenvalue weighted by atomic mass is 16.5. The summed E-state index contributed by atoms with van der Waals surface area (Å²) < 4.78 is 5.28. The molecule has 3 N–H and O–H groups in total. The number of likely N-dealkylation sites (N-methyl/N-ethyl adjacent to an activating group) is 1. The second-order valence-electron chi connectivity index (χ2n) is 26.9. The van der Waals surface area contributed by atoms with Crippen molar-refractivity contribution in [3.63, 3.8) is 0 Å². The lowest BCUT2D eigenvalue weighted by molar-refractivity contribution is 0.151. The van der Waals surface area contributed by atoms with E-state index in [9.17, 15) is 0 Å². The van der Waals surface area contributed by atoms with E-state index < -0.39 is 0 Å². The molecule has 1 aliphatic rings. The first-order valence-corrected chi connectivity index (χ1v) is 40.8. The van der Waals surface area contributed by atoms with Gasteiger partial charge in [0.25, 0.3) is 0 Å². The fraction of sp³-hybridized carbons (Fsp3) is 0.388. The number of aliphatic hydroxyl groups is 3. The lowest BCUT2D eigenvalue weighted by atomic mass is 10.1. The number of benzene rings is 10. The number of para-hydroxylation sites is 8. The summed E-state index contributed by atoms with van der Waals surface area (Å²) in [5.41, 5.74) is 14.0. The summed E-state index contributed by atoms with van der Waals surface area (Å²) in [5.74, 6) is 0. The van der Waals surface area contributed by atoms with Crippen molar-refractivity contribution in [2.24, 2.45) is 0 Å². The van der Waals surface area contributed by atoms with Crippen LogP contribution >= 0.6 is 0 Å². The van der Waals surface area contributed by atoms with Crippen LogP contribution in [0.4, 0.5) is 51.2 Å². The van der Waals surface area contributed by atoms with E-state index in [0.717, 1.165) is 51.6 Å². The number of aliphatic hydroxyl groups excluding tert-OH is 3. The van der Waals surface area contributed by atoms with Gasteiger partial charge in [-0.2, -0.15) is 0 Å². The molecule has 0 saturated carbocycles. The summed E-state index contributed by atoms with van der Waals surface area (Å²) in [6.07, 6.45) is 9.25. The van der Waals surface area contributed by atoms with Gasteiger partial charge in [-0.25, -0.2) is 0 Å². The van der Waals surface area contributed by atoms with Gasteiger partial charge in [-0.1, -0.05) is 215 Å². The highest BCUT2D eigenvalue weighted by molar-refractivity contribution is 5.52. The number of ether oxygens (including phenoxy) is 1. The zero-order chi connectivity index (χ0) is 80.6.